The van der Waals surface area contributed by atoms with Crippen LogP contribution in [-0.4, -0.2) is 32.6 Å². The first-order valence-electron chi connectivity index (χ1n) is 9.57. The number of rotatable bonds is 7. The molecule has 0 unspecified atom stereocenters. The number of benzene rings is 3. The van der Waals surface area contributed by atoms with Crippen LogP contribution in [0.15, 0.2) is 89.1 Å². The van der Waals surface area contributed by atoms with Crippen LogP contribution >= 0.6 is 23.4 Å². The number of hydrogen-bond acceptors (Lipinski definition) is 5. The van der Waals surface area contributed by atoms with E-state index < -0.39 is 0 Å². The van der Waals surface area contributed by atoms with E-state index in [9.17, 15) is 9.18 Å². The zero-order valence-electron chi connectivity index (χ0n) is 16.7. The van der Waals surface area contributed by atoms with Gasteiger partial charge in [-0.2, -0.15) is 5.10 Å². The summed E-state index contributed by atoms with van der Waals surface area (Å²) in [5.41, 5.74) is 4.71. The normalized spacial score (nSPS) is 11.1. The Hall–Kier alpha value is -3.49. The number of hydrogen-bond donors (Lipinski definition) is 1. The van der Waals surface area contributed by atoms with Gasteiger partial charge >= 0.3 is 0 Å². The quantitative estimate of drug-likeness (QED) is 0.237. The van der Waals surface area contributed by atoms with Crippen molar-refractivity contribution < 1.29 is 9.18 Å². The first-order chi connectivity index (χ1) is 15.6. The molecule has 1 N–H and O–H groups in total. The van der Waals surface area contributed by atoms with E-state index in [1.807, 2.05) is 47.0 Å². The smallest absolute Gasteiger partial charge is 0.250 e. The van der Waals surface area contributed by atoms with Gasteiger partial charge in [-0.3, -0.25) is 9.36 Å². The highest BCUT2D eigenvalue weighted by Gasteiger charge is 2.17. The van der Waals surface area contributed by atoms with Gasteiger partial charge in [0.2, 0.25) is 0 Å². The van der Waals surface area contributed by atoms with E-state index in [1.54, 1.807) is 24.3 Å². The van der Waals surface area contributed by atoms with Gasteiger partial charge in [0, 0.05) is 16.3 Å². The molecule has 0 saturated heterocycles. The molecule has 0 saturated carbocycles. The van der Waals surface area contributed by atoms with Gasteiger partial charge in [0.05, 0.1) is 12.0 Å². The maximum Gasteiger partial charge on any atom is 0.250 e. The largest absolute Gasteiger partial charge is 0.272 e. The molecule has 0 bridgehead atoms. The van der Waals surface area contributed by atoms with Gasteiger partial charge in [0.25, 0.3) is 5.91 Å². The van der Waals surface area contributed by atoms with Crippen molar-refractivity contribution in [3.05, 3.63) is 95.3 Å². The number of nitrogens with zero attached hydrogens (tertiary/aromatic N) is 4. The molecule has 160 valence electrons. The van der Waals surface area contributed by atoms with Gasteiger partial charge < -0.3 is 0 Å². The van der Waals surface area contributed by atoms with E-state index in [0.29, 0.717) is 21.6 Å². The minimum atomic E-state index is -0.369. The van der Waals surface area contributed by atoms with Gasteiger partial charge in [-0.15, -0.1) is 10.2 Å². The molecule has 0 radical (unpaired) electrons. The Labute approximate surface area is 193 Å². The summed E-state index contributed by atoms with van der Waals surface area (Å²) in [7, 11) is 0. The third-order valence-corrected chi connectivity index (χ3v) is 5.52. The van der Waals surface area contributed by atoms with Crippen LogP contribution < -0.4 is 5.43 Å². The molecule has 32 heavy (non-hydrogen) atoms. The van der Waals surface area contributed by atoms with Crippen molar-refractivity contribution in [2.75, 3.05) is 5.75 Å². The zero-order chi connectivity index (χ0) is 22.3. The molecule has 0 spiro atoms. The number of amides is 1. The fourth-order valence-corrected chi connectivity index (χ4v) is 3.76. The average Bonchev–Trinajstić information content (AvgIpc) is 3.23. The molecule has 1 amide bonds. The highest BCUT2D eigenvalue weighted by Crippen LogP contribution is 2.28. The second-order valence-corrected chi connectivity index (χ2v) is 8.00. The third kappa shape index (κ3) is 5.40. The van der Waals surface area contributed by atoms with Gasteiger partial charge in [0.1, 0.15) is 5.82 Å². The summed E-state index contributed by atoms with van der Waals surface area (Å²) < 4.78 is 15.1. The van der Waals surface area contributed by atoms with Gasteiger partial charge in [0.15, 0.2) is 11.0 Å². The molecule has 0 fully saturated rings. The molecule has 6 nitrogen and oxygen atoms in total. The zero-order valence-corrected chi connectivity index (χ0v) is 18.2. The van der Waals surface area contributed by atoms with E-state index in [4.69, 9.17) is 11.6 Å². The lowest BCUT2D eigenvalue weighted by atomic mass is 10.2. The second-order valence-electron chi connectivity index (χ2n) is 6.62. The maximum absolute atomic E-state index is 13.2. The van der Waals surface area contributed by atoms with Crippen LogP contribution in [0.2, 0.25) is 5.02 Å². The number of halogens is 2. The van der Waals surface area contributed by atoms with Crippen LogP contribution in [0, 0.1) is 5.82 Å². The average molecular weight is 466 g/mol. The molecule has 1 heterocycles. The minimum Gasteiger partial charge on any atom is -0.272 e. The summed E-state index contributed by atoms with van der Waals surface area (Å²) in [5, 5.41) is 13.7. The van der Waals surface area contributed by atoms with Crippen molar-refractivity contribution in [3.63, 3.8) is 0 Å². The molecule has 0 aliphatic heterocycles. The lowest BCUT2D eigenvalue weighted by Gasteiger charge is -2.10. The Morgan fingerprint density at radius 1 is 1.06 bits per heavy atom. The van der Waals surface area contributed by atoms with Crippen LogP contribution in [0.3, 0.4) is 0 Å². The Balaban J connectivity index is 1.50. The van der Waals surface area contributed by atoms with E-state index in [1.165, 1.54) is 30.1 Å². The minimum absolute atomic E-state index is 0.0704. The molecule has 3 aromatic carbocycles. The van der Waals surface area contributed by atoms with Crippen molar-refractivity contribution in [1.82, 2.24) is 20.2 Å². The topological polar surface area (TPSA) is 72.2 Å². The maximum atomic E-state index is 13.2. The molecule has 0 atom stereocenters. The number of carbonyl (C=O) groups excluding carboxylic acids is 1. The van der Waals surface area contributed by atoms with E-state index in [0.717, 1.165) is 11.3 Å². The standard InChI is InChI=1S/C23H17ClFN5OS/c24-18-9-11-20(12-10-18)30-22(17-6-2-1-3-7-17)28-29-23(30)32-15-21(31)27-26-14-16-5-4-8-19(25)13-16/h1-14H,15H2,(H,27,31)/b26-14-. The fraction of sp³-hybridized carbons (Fsp3) is 0.0435. The van der Waals surface area contributed by atoms with Gasteiger partial charge in [-0.05, 0) is 42.0 Å². The van der Waals surface area contributed by atoms with E-state index in [-0.39, 0.29) is 17.5 Å². The van der Waals surface area contributed by atoms with Crippen molar-refractivity contribution in [2.45, 2.75) is 5.16 Å². The number of hydrazone groups is 1. The second kappa shape index (κ2) is 10.2. The molecule has 1 aromatic heterocycles. The van der Waals surface area contributed by atoms with Crippen molar-refractivity contribution in [1.29, 1.82) is 0 Å². The summed E-state index contributed by atoms with van der Waals surface area (Å²) in [6.07, 6.45) is 1.38. The third-order valence-electron chi connectivity index (χ3n) is 4.33. The van der Waals surface area contributed by atoms with Crippen LogP contribution in [0.5, 0.6) is 0 Å². The highest BCUT2D eigenvalue weighted by atomic mass is 35.5. The predicted octanol–water partition coefficient (Wildman–Crippen LogP) is 4.97. The van der Waals surface area contributed by atoms with Crippen molar-refractivity contribution >= 4 is 35.5 Å². The van der Waals surface area contributed by atoms with Crippen molar-refractivity contribution in [2.24, 2.45) is 5.10 Å². The van der Waals surface area contributed by atoms with E-state index >= 15 is 0 Å². The van der Waals surface area contributed by atoms with E-state index in [2.05, 4.69) is 20.7 Å². The summed E-state index contributed by atoms with van der Waals surface area (Å²) in [6.45, 7) is 0. The Morgan fingerprint density at radius 2 is 1.84 bits per heavy atom. The monoisotopic (exact) mass is 465 g/mol. The Morgan fingerprint density at radius 3 is 2.59 bits per heavy atom. The first kappa shape index (κ1) is 21.7. The highest BCUT2D eigenvalue weighted by molar-refractivity contribution is 7.99. The summed E-state index contributed by atoms with van der Waals surface area (Å²) in [6, 6.07) is 22.9. The van der Waals surface area contributed by atoms with Crippen LogP contribution in [0.1, 0.15) is 5.56 Å². The number of thioether (sulfide) groups is 1. The fourth-order valence-electron chi connectivity index (χ4n) is 2.89. The predicted molar refractivity (Wildman–Crippen MR) is 125 cm³/mol. The lowest BCUT2D eigenvalue weighted by molar-refractivity contribution is -0.118. The van der Waals surface area contributed by atoms with Gasteiger partial charge in [-0.1, -0.05) is 65.8 Å². The number of aromatic nitrogens is 3. The number of carbonyl (C=O) groups is 1. The molecule has 0 aliphatic carbocycles. The summed E-state index contributed by atoms with van der Waals surface area (Å²) in [5.74, 6) is 0.0298. The van der Waals surface area contributed by atoms with Crippen molar-refractivity contribution in [3.8, 4) is 17.1 Å². The molecule has 9 heteroatoms. The molecule has 0 aliphatic rings. The Kier molecular flexibility index (Phi) is 6.94. The summed E-state index contributed by atoms with van der Waals surface area (Å²) in [4.78, 5) is 12.2. The van der Waals surface area contributed by atoms with Crippen LogP contribution in [-0.2, 0) is 4.79 Å². The lowest BCUT2D eigenvalue weighted by Crippen LogP contribution is -2.20. The first-order valence-corrected chi connectivity index (χ1v) is 10.9. The van der Waals surface area contributed by atoms with Gasteiger partial charge in [-0.25, -0.2) is 9.82 Å². The summed E-state index contributed by atoms with van der Waals surface area (Å²) >= 11 is 7.27. The molecule has 4 rings (SSSR count). The van der Waals surface area contributed by atoms with Crippen LogP contribution in [0.4, 0.5) is 4.39 Å². The molecule has 4 aromatic rings. The molecular weight excluding hydrogens is 449 g/mol. The van der Waals surface area contributed by atoms with Crippen LogP contribution in [0.25, 0.3) is 17.1 Å². The SMILES string of the molecule is O=C(CSc1nnc(-c2ccccc2)n1-c1ccc(Cl)cc1)N/N=C\c1cccc(F)c1. The molecular formula is C23H17ClFN5OS. The number of nitrogens with one attached hydrogen (secondary N) is 1. The Bertz CT molecular complexity index is 1240.